The smallest absolute Gasteiger partial charge is 0.226 e. The molecule has 0 saturated heterocycles. The molecule has 1 atom stereocenters. The maximum absolute atomic E-state index is 13.0. The van der Waals surface area contributed by atoms with Crippen LogP contribution in [-0.2, 0) is 14.3 Å². The lowest BCUT2D eigenvalue weighted by Gasteiger charge is -2.40. The van der Waals surface area contributed by atoms with Gasteiger partial charge in [-0.05, 0) is 33.6 Å². The molecule has 24 heavy (non-hydrogen) atoms. The summed E-state index contributed by atoms with van der Waals surface area (Å²) < 4.78 is 11.2. The topological polar surface area (TPSA) is 38.8 Å². The first-order chi connectivity index (χ1) is 11.1. The average Bonchev–Trinajstić information content (AvgIpc) is 2.47. The van der Waals surface area contributed by atoms with Crippen LogP contribution in [0.5, 0.6) is 0 Å². The molecule has 1 unspecified atom stereocenters. The summed E-state index contributed by atoms with van der Waals surface area (Å²) in [5.74, 6) is 0.410. The predicted molar refractivity (Wildman–Crippen MR) is 101 cm³/mol. The summed E-state index contributed by atoms with van der Waals surface area (Å²) in [6.07, 6.45) is 4.15. The fraction of sp³-hybridized carbons (Fsp3) is 0.950. The summed E-state index contributed by atoms with van der Waals surface area (Å²) >= 11 is 0. The Labute approximate surface area is 150 Å². The van der Waals surface area contributed by atoms with Crippen LogP contribution in [0.2, 0.25) is 0 Å². The largest absolute Gasteiger partial charge is 0.384 e. The van der Waals surface area contributed by atoms with Gasteiger partial charge in [-0.25, -0.2) is 0 Å². The van der Waals surface area contributed by atoms with E-state index in [0.29, 0.717) is 19.8 Å². The summed E-state index contributed by atoms with van der Waals surface area (Å²) in [6, 6.07) is 0. The van der Waals surface area contributed by atoms with E-state index in [0.717, 1.165) is 32.2 Å². The molecule has 1 amide bonds. The summed E-state index contributed by atoms with van der Waals surface area (Å²) in [5.41, 5.74) is -0.312. The molecular formula is C20H41NO3. The molecular weight excluding hydrogens is 302 g/mol. The maximum Gasteiger partial charge on any atom is 0.226 e. The van der Waals surface area contributed by atoms with Crippen molar-refractivity contribution in [1.82, 2.24) is 4.90 Å². The van der Waals surface area contributed by atoms with Gasteiger partial charge in [0.05, 0.1) is 25.4 Å². The third-order valence-corrected chi connectivity index (χ3v) is 4.54. The lowest BCUT2D eigenvalue weighted by Crippen LogP contribution is -2.52. The second-order valence-corrected chi connectivity index (χ2v) is 8.23. The van der Waals surface area contributed by atoms with Crippen LogP contribution in [0.4, 0.5) is 0 Å². The zero-order valence-electron chi connectivity index (χ0n) is 17.4. The highest BCUT2D eigenvalue weighted by Gasteiger charge is 2.33. The van der Waals surface area contributed by atoms with Gasteiger partial charge in [0.25, 0.3) is 0 Å². The Morgan fingerprint density at radius 3 is 2.12 bits per heavy atom. The number of rotatable bonds is 13. The number of nitrogens with zero attached hydrogens (tertiary/aromatic N) is 1. The SMILES string of the molecule is CCCCC(CC)C(=O)N(CC)C(C)(C)COCC(C)(C)COC. The number of carbonyl (C=O) groups excluding carboxylic acids is 1. The highest BCUT2D eigenvalue weighted by Crippen LogP contribution is 2.24. The fourth-order valence-corrected chi connectivity index (χ4v) is 3.14. The molecule has 0 aromatic heterocycles. The molecule has 4 nitrogen and oxygen atoms in total. The Morgan fingerprint density at radius 2 is 1.67 bits per heavy atom. The van der Waals surface area contributed by atoms with E-state index < -0.39 is 0 Å². The van der Waals surface area contributed by atoms with E-state index in [9.17, 15) is 4.79 Å². The molecule has 0 aromatic carbocycles. The lowest BCUT2D eigenvalue weighted by atomic mass is 9.94. The van der Waals surface area contributed by atoms with E-state index in [1.165, 1.54) is 0 Å². The molecule has 4 heteroatoms. The van der Waals surface area contributed by atoms with Crippen molar-refractivity contribution in [1.29, 1.82) is 0 Å². The monoisotopic (exact) mass is 343 g/mol. The Morgan fingerprint density at radius 1 is 1.04 bits per heavy atom. The van der Waals surface area contributed by atoms with Crippen molar-refractivity contribution in [2.24, 2.45) is 11.3 Å². The van der Waals surface area contributed by atoms with Crippen molar-refractivity contribution < 1.29 is 14.3 Å². The van der Waals surface area contributed by atoms with Crippen molar-refractivity contribution in [2.75, 3.05) is 33.5 Å². The summed E-state index contributed by atoms with van der Waals surface area (Å²) in [4.78, 5) is 15.0. The minimum atomic E-state index is -0.297. The van der Waals surface area contributed by atoms with E-state index >= 15 is 0 Å². The van der Waals surface area contributed by atoms with E-state index in [1.54, 1.807) is 7.11 Å². The van der Waals surface area contributed by atoms with Crippen LogP contribution in [-0.4, -0.2) is 49.8 Å². The lowest BCUT2D eigenvalue weighted by molar-refractivity contribution is -0.144. The first-order valence-corrected chi connectivity index (χ1v) is 9.53. The van der Waals surface area contributed by atoms with Crippen LogP contribution in [0.3, 0.4) is 0 Å². The molecule has 0 saturated carbocycles. The highest BCUT2D eigenvalue weighted by atomic mass is 16.5. The molecule has 0 radical (unpaired) electrons. The molecule has 0 rings (SSSR count). The van der Waals surface area contributed by atoms with Crippen molar-refractivity contribution in [3.63, 3.8) is 0 Å². The third kappa shape index (κ3) is 7.98. The molecule has 0 bridgehead atoms. The van der Waals surface area contributed by atoms with Crippen LogP contribution >= 0.6 is 0 Å². The van der Waals surface area contributed by atoms with Gasteiger partial charge in [0, 0.05) is 25.0 Å². The summed E-state index contributed by atoms with van der Waals surface area (Å²) in [5, 5.41) is 0. The van der Waals surface area contributed by atoms with Crippen molar-refractivity contribution in [2.45, 2.75) is 79.7 Å². The van der Waals surface area contributed by atoms with Gasteiger partial charge in [-0.2, -0.15) is 0 Å². The molecule has 0 aliphatic carbocycles. The fourth-order valence-electron chi connectivity index (χ4n) is 3.14. The van der Waals surface area contributed by atoms with Crippen LogP contribution in [0.1, 0.15) is 74.1 Å². The maximum atomic E-state index is 13.0. The molecule has 0 fully saturated rings. The first kappa shape index (κ1) is 23.4. The van der Waals surface area contributed by atoms with Crippen molar-refractivity contribution in [3.8, 4) is 0 Å². The number of hydrogen-bond acceptors (Lipinski definition) is 3. The molecule has 0 heterocycles. The van der Waals surface area contributed by atoms with Crippen molar-refractivity contribution in [3.05, 3.63) is 0 Å². The van der Waals surface area contributed by atoms with Gasteiger partial charge in [0.1, 0.15) is 0 Å². The quantitative estimate of drug-likeness (QED) is 0.493. The Kier molecular flexibility index (Phi) is 10.8. The molecule has 0 N–H and O–H groups in total. The molecule has 0 aliphatic heterocycles. The van der Waals surface area contributed by atoms with E-state index in [2.05, 4.69) is 48.5 Å². The van der Waals surface area contributed by atoms with Crippen LogP contribution < -0.4 is 0 Å². The molecule has 144 valence electrons. The number of unbranched alkanes of at least 4 members (excludes halogenated alkanes) is 1. The van der Waals surface area contributed by atoms with Crippen LogP contribution in [0.25, 0.3) is 0 Å². The second-order valence-electron chi connectivity index (χ2n) is 8.23. The minimum absolute atomic E-state index is 0.0149. The number of ether oxygens (including phenoxy) is 2. The minimum Gasteiger partial charge on any atom is -0.384 e. The van der Waals surface area contributed by atoms with Gasteiger partial charge in [-0.15, -0.1) is 0 Å². The second kappa shape index (κ2) is 11.1. The normalized spacial score (nSPS) is 13.8. The third-order valence-electron chi connectivity index (χ3n) is 4.54. The summed E-state index contributed by atoms with van der Waals surface area (Å²) in [7, 11) is 1.71. The molecule has 0 aromatic rings. The van der Waals surface area contributed by atoms with Gasteiger partial charge < -0.3 is 14.4 Å². The standard InChI is InChI=1S/C20H41NO3/c1-9-12-13-17(10-2)18(22)21(11-3)20(6,7)16-24-15-19(4,5)14-23-8/h17H,9-16H2,1-8H3. The van der Waals surface area contributed by atoms with Crippen molar-refractivity contribution >= 4 is 5.91 Å². The predicted octanol–water partition coefficient (Wildman–Crippen LogP) is 4.52. The first-order valence-electron chi connectivity index (χ1n) is 9.53. The van der Waals surface area contributed by atoms with E-state index in [-0.39, 0.29) is 22.8 Å². The molecule has 0 aliphatic rings. The Hall–Kier alpha value is -0.610. The Bertz CT molecular complexity index is 353. The van der Waals surface area contributed by atoms with Crippen LogP contribution in [0, 0.1) is 11.3 Å². The van der Waals surface area contributed by atoms with E-state index in [1.807, 2.05) is 4.90 Å². The van der Waals surface area contributed by atoms with Gasteiger partial charge in [0.15, 0.2) is 0 Å². The van der Waals surface area contributed by atoms with Gasteiger partial charge in [-0.3, -0.25) is 4.79 Å². The number of methoxy groups -OCH3 is 1. The van der Waals surface area contributed by atoms with Gasteiger partial charge in [-0.1, -0.05) is 40.5 Å². The Balaban J connectivity index is 4.78. The zero-order valence-corrected chi connectivity index (χ0v) is 17.4. The van der Waals surface area contributed by atoms with Crippen LogP contribution in [0.15, 0.2) is 0 Å². The number of amides is 1. The zero-order chi connectivity index (χ0) is 18.8. The number of likely N-dealkylation sites (N-methyl/N-ethyl adjacent to an activating group) is 1. The van der Waals surface area contributed by atoms with Gasteiger partial charge >= 0.3 is 0 Å². The molecule has 0 spiro atoms. The number of hydrogen-bond donors (Lipinski definition) is 0. The summed E-state index contributed by atoms with van der Waals surface area (Å²) in [6.45, 7) is 17.4. The number of carbonyl (C=O) groups is 1. The van der Waals surface area contributed by atoms with E-state index in [4.69, 9.17) is 9.47 Å². The average molecular weight is 344 g/mol. The highest BCUT2D eigenvalue weighted by molar-refractivity contribution is 5.79. The van der Waals surface area contributed by atoms with Gasteiger partial charge in [0.2, 0.25) is 5.91 Å².